The van der Waals surface area contributed by atoms with Crippen LogP contribution in [0.15, 0.2) is 36.4 Å². The Morgan fingerprint density at radius 1 is 0.897 bits per heavy atom. The summed E-state index contributed by atoms with van der Waals surface area (Å²) in [6.45, 7) is 7.37. The van der Waals surface area contributed by atoms with Gasteiger partial charge in [0.15, 0.2) is 11.5 Å². The minimum atomic E-state index is -0.0268. The van der Waals surface area contributed by atoms with Gasteiger partial charge in [-0.2, -0.15) is 0 Å². The van der Waals surface area contributed by atoms with Crippen LogP contribution >= 0.6 is 0 Å². The molecule has 2 aromatic carbocycles. The molecule has 2 aromatic rings. The molecule has 0 N–H and O–H groups in total. The molecule has 0 bridgehead atoms. The van der Waals surface area contributed by atoms with Gasteiger partial charge in [0.05, 0.1) is 21.3 Å². The van der Waals surface area contributed by atoms with Gasteiger partial charge in [0.1, 0.15) is 0 Å². The summed E-state index contributed by atoms with van der Waals surface area (Å²) in [4.78, 5) is 17.4. The molecular weight excluding hydrogens is 368 g/mol. The van der Waals surface area contributed by atoms with Gasteiger partial charge >= 0.3 is 0 Å². The highest BCUT2D eigenvalue weighted by Crippen LogP contribution is 2.38. The van der Waals surface area contributed by atoms with Crippen LogP contribution in [-0.2, 0) is 0 Å². The number of carbonyl (C=O) groups is 1. The maximum absolute atomic E-state index is 13.1. The average molecular weight is 399 g/mol. The summed E-state index contributed by atoms with van der Waals surface area (Å²) in [6, 6.07) is 11.9. The lowest BCUT2D eigenvalue weighted by molar-refractivity contribution is 0.0746. The molecule has 0 unspecified atom stereocenters. The summed E-state index contributed by atoms with van der Waals surface area (Å²) in [6.07, 6.45) is 0. The number of para-hydroxylation sites is 1. The van der Waals surface area contributed by atoms with Crippen molar-refractivity contribution in [2.75, 3.05) is 52.4 Å². The van der Waals surface area contributed by atoms with Crippen LogP contribution in [0.5, 0.6) is 17.2 Å². The Bertz CT molecular complexity index is 833. The fraction of sp³-hybridized carbons (Fsp3) is 0.435. The number of rotatable bonds is 6. The molecule has 0 atom stereocenters. The van der Waals surface area contributed by atoms with Crippen molar-refractivity contribution in [3.63, 3.8) is 0 Å². The Balaban J connectivity index is 1.76. The van der Waals surface area contributed by atoms with Crippen LogP contribution in [-0.4, -0.2) is 58.3 Å². The first-order valence-electron chi connectivity index (χ1n) is 9.93. The molecule has 1 heterocycles. The number of hydrogen-bond donors (Lipinski definition) is 0. The van der Waals surface area contributed by atoms with Gasteiger partial charge in [0.25, 0.3) is 5.91 Å². The topological polar surface area (TPSA) is 51.2 Å². The van der Waals surface area contributed by atoms with E-state index in [4.69, 9.17) is 14.2 Å². The fourth-order valence-electron chi connectivity index (χ4n) is 3.80. The molecule has 1 fully saturated rings. The van der Waals surface area contributed by atoms with Crippen LogP contribution in [0, 0.1) is 0 Å². The van der Waals surface area contributed by atoms with Gasteiger partial charge in [0.2, 0.25) is 5.75 Å². The Morgan fingerprint density at radius 3 is 2.00 bits per heavy atom. The van der Waals surface area contributed by atoms with E-state index in [-0.39, 0.29) is 5.91 Å². The molecule has 3 rings (SSSR count). The van der Waals surface area contributed by atoms with E-state index in [2.05, 4.69) is 43.0 Å². The Labute approximate surface area is 173 Å². The van der Waals surface area contributed by atoms with E-state index in [1.807, 2.05) is 4.90 Å². The molecule has 1 saturated heterocycles. The monoisotopic (exact) mass is 398 g/mol. The standard InChI is InChI=1S/C23H30N2O4/c1-16(2)18-8-6-7-9-19(18)24-10-12-25(13-11-24)23(26)17-14-20(27-3)22(29-5)21(15-17)28-4/h6-9,14-16H,10-13H2,1-5H3. The molecule has 1 aliphatic heterocycles. The fourth-order valence-corrected chi connectivity index (χ4v) is 3.80. The number of methoxy groups -OCH3 is 3. The van der Waals surface area contributed by atoms with E-state index in [0.29, 0.717) is 41.8 Å². The normalized spacial score (nSPS) is 14.1. The first-order chi connectivity index (χ1) is 14.0. The van der Waals surface area contributed by atoms with E-state index in [0.717, 1.165) is 13.1 Å². The van der Waals surface area contributed by atoms with Crippen LogP contribution in [0.1, 0.15) is 35.7 Å². The molecular formula is C23H30N2O4. The summed E-state index contributed by atoms with van der Waals surface area (Å²) in [5, 5.41) is 0. The number of piperazine rings is 1. The van der Waals surface area contributed by atoms with Crippen molar-refractivity contribution in [2.45, 2.75) is 19.8 Å². The van der Waals surface area contributed by atoms with Gasteiger partial charge in [-0.1, -0.05) is 32.0 Å². The van der Waals surface area contributed by atoms with Gasteiger partial charge < -0.3 is 24.0 Å². The maximum Gasteiger partial charge on any atom is 0.254 e. The van der Waals surface area contributed by atoms with E-state index in [9.17, 15) is 4.79 Å². The maximum atomic E-state index is 13.1. The quantitative estimate of drug-likeness (QED) is 0.741. The second kappa shape index (κ2) is 9.07. The largest absolute Gasteiger partial charge is 0.493 e. The van der Waals surface area contributed by atoms with Crippen molar-refractivity contribution in [1.82, 2.24) is 4.90 Å². The molecule has 0 aliphatic carbocycles. The van der Waals surface area contributed by atoms with Crippen LogP contribution in [0.3, 0.4) is 0 Å². The van der Waals surface area contributed by atoms with Gasteiger partial charge in [-0.3, -0.25) is 4.79 Å². The number of anilines is 1. The van der Waals surface area contributed by atoms with Gasteiger partial charge in [-0.25, -0.2) is 0 Å². The van der Waals surface area contributed by atoms with Crippen LogP contribution < -0.4 is 19.1 Å². The zero-order chi connectivity index (χ0) is 21.0. The third-order valence-electron chi connectivity index (χ3n) is 5.38. The lowest BCUT2D eigenvalue weighted by atomic mass is 10.00. The Morgan fingerprint density at radius 2 is 1.48 bits per heavy atom. The van der Waals surface area contributed by atoms with Crippen LogP contribution in [0.4, 0.5) is 5.69 Å². The minimum absolute atomic E-state index is 0.0268. The highest BCUT2D eigenvalue weighted by Gasteiger charge is 2.25. The lowest BCUT2D eigenvalue weighted by Gasteiger charge is -2.37. The molecule has 0 spiro atoms. The van der Waals surface area contributed by atoms with Crippen molar-refractivity contribution < 1.29 is 19.0 Å². The molecule has 156 valence electrons. The van der Waals surface area contributed by atoms with Crippen molar-refractivity contribution in [3.05, 3.63) is 47.5 Å². The summed E-state index contributed by atoms with van der Waals surface area (Å²) >= 11 is 0. The number of hydrogen-bond acceptors (Lipinski definition) is 5. The molecule has 0 aromatic heterocycles. The van der Waals surface area contributed by atoms with Crippen molar-refractivity contribution >= 4 is 11.6 Å². The first-order valence-corrected chi connectivity index (χ1v) is 9.93. The summed E-state index contributed by atoms with van der Waals surface area (Å²) in [5.41, 5.74) is 3.15. The van der Waals surface area contributed by atoms with E-state index in [1.54, 1.807) is 33.5 Å². The van der Waals surface area contributed by atoms with E-state index < -0.39 is 0 Å². The highest BCUT2D eigenvalue weighted by molar-refractivity contribution is 5.95. The predicted molar refractivity (Wildman–Crippen MR) is 115 cm³/mol. The highest BCUT2D eigenvalue weighted by atomic mass is 16.5. The SMILES string of the molecule is COc1cc(C(=O)N2CCN(c3ccccc3C(C)C)CC2)cc(OC)c1OC. The minimum Gasteiger partial charge on any atom is -0.493 e. The summed E-state index contributed by atoms with van der Waals surface area (Å²) < 4.78 is 16.1. The number of ether oxygens (including phenoxy) is 3. The van der Waals surface area contributed by atoms with Crippen molar-refractivity contribution in [2.24, 2.45) is 0 Å². The molecule has 6 nitrogen and oxygen atoms in total. The predicted octanol–water partition coefficient (Wildman–Crippen LogP) is 3.80. The van der Waals surface area contributed by atoms with Gasteiger partial charge in [-0.15, -0.1) is 0 Å². The molecule has 1 amide bonds. The second-order valence-electron chi connectivity index (χ2n) is 7.41. The Kier molecular flexibility index (Phi) is 6.52. The van der Waals surface area contributed by atoms with Crippen LogP contribution in [0.2, 0.25) is 0 Å². The van der Waals surface area contributed by atoms with Gasteiger partial charge in [-0.05, 0) is 29.7 Å². The molecule has 0 radical (unpaired) electrons. The zero-order valence-electron chi connectivity index (χ0n) is 17.9. The van der Waals surface area contributed by atoms with Crippen molar-refractivity contribution in [1.29, 1.82) is 0 Å². The van der Waals surface area contributed by atoms with Crippen molar-refractivity contribution in [3.8, 4) is 17.2 Å². The number of nitrogens with zero attached hydrogens (tertiary/aromatic N) is 2. The zero-order valence-corrected chi connectivity index (χ0v) is 17.9. The smallest absolute Gasteiger partial charge is 0.254 e. The average Bonchev–Trinajstić information content (AvgIpc) is 2.77. The molecule has 6 heteroatoms. The first kappa shape index (κ1) is 20.8. The third kappa shape index (κ3) is 4.26. The van der Waals surface area contributed by atoms with E-state index >= 15 is 0 Å². The van der Waals surface area contributed by atoms with Gasteiger partial charge in [0, 0.05) is 37.4 Å². The lowest BCUT2D eigenvalue weighted by Crippen LogP contribution is -2.49. The summed E-state index contributed by atoms with van der Waals surface area (Å²) in [5.74, 6) is 1.90. The number of amides is 1. The molecule has 0 saturated carbocycles. The van der Waals surface area contributed by atoms with E-state index in [1.165, 1.54) is 11.3 Å². The second-order valence-corrected chi connectivity index (χ2v) is 7.41. The molecule has 29 heavy (non-hydrogen) atoms. The third-order valence-corrected chi connectivity index (χ3v) is 5.38. The van der Waals surface area contributed by atoms with Crippen LogP contribution in [0.25, 0.3) is 0 Å². The molecule has 1 aliphatic rings. The summed E-state index contributed by atoms with van der Waals surface area (Å²) in [7, 11) is 4.66. The Hall–Kier alpha value is -2.89. The number of carbonyl (C=O) groups excluding carboxylic acids is 1. The number of benzene rings is 2.